The van der Waals surface area contributed by atoms with Crippen LogP contribution in [0.3, 0.4) is 0 Å². The molecule has 0 radical (unpaired) electrons. The first-order valence-corrected chi connectivity index (χ1v) is 12.0. The van der Waals surface area contributed by atoms with Gasteiger partial charge < -0.3 is 10.1 Å². The number of aryl methyl sites for hydroxylation is 1. The molecule has 3 aromatic rings. The largest absolute Gasteiger partial charge is 0.495 e. The molecule has 1 aliphatic rings. The van der Waals surface area contributed by atoms with E-state index in [1.165, 1.54) is 24.8 Å². The Hall–Kier alpha value is -3.32. The third-order valence-electron chi connectivity index (χ3n) is 5.68. The highest BCUT2D eigenvalue weighted by atomic mass is 32.2. The maximum Gasteiger partial charge on any atom is 0.264 e. The van der Waals surface area contributed by atoms with E-state index in [1.807, 2.05) is 18.2 Å². The van der Waals surface area contributed by atoms with Crippen LogP contribution in [0.4, 0.5) is 5.69 Å². The van der Waals surface area contributed by atoms with Crippen molar-refractivity contribution >= 4 is 21.6 Å². The molecular weight excluding hydrogens is 424 g/mol. The number of hydrogen-bond acceptors (Lipinski definition) is 4. The number of carbonyl (C=O) groups excluding carboxylic acids is 1. The van der Waals surface area contributed by atoms with Gasteiger partial charge in [-0.3, -0.25) is 9.10 Å². The van der Waals surface area contributed by atoms with E-state index in [4.69, 9.17) is 4.74 Å². The van der Waals surface area contributed by atoms with Crippen LogP contribution in [0.1, 0.15) is 30.0 Å². The van der Waals surface area contributed by atoms with Crippen LogP contribution in [0.5, 0.6) is 5.75 Å². The van der Waals surface area contributed by atoms with Gasteiger partial charge in [-0.2, -0.15) is 0 Å². The fraction of sp³-hybridized carbons (Fsp3) is 0.240. The molecule has 6 nitrogen and oxygen atoms in total. The monoisotopic (exact) mass is 450 g/mol. The third kappa shape index (κ3) is 4.48. The number of benzene rings is 3. The first kappa shape index (κ1) is 21.9. The second kappa shape index (κ2) is 9.44. The van der Waals surface area contributed by atoms with E-state index in [0.717, 1.165) is 29.1 Å². The molecule has 1 atom stereocenters. The summed E-state index contributed by atoms with van der Waals surface area (Å²) >= 11 is 0. The minimum atomic E-state index is -3.99. The van der Waals surface area contributed by atoms with Gasteiger partial charge >= 0.3 is 0 Å². The van der Waals surface area contributed by atoms with Gasteiger partial charge in [-0.15, -0.1) is 0 Å². The van der Waals surface area contributed by atoms with E-state index < -0.39 is 10.0 Å². The van der Waals surface area contributed by atoms with Crippen molar-refractivity contribution in [1.29, 1.82) is 0 Å². The molecule has 4 rings (SSSR count). The summed E-state index contributed by atoms with van der Waals surface area (Å²) in [6.45, 7) is -0.351. The zero-order chi connectivity index (χ0) is 22.6. The van der Waals surface area contributed by atoms with Crippen molar-refractivity contribution in [3.63, 3.8) is 0 Å². The number of fused-ring (bicyclic) bond motifs is 1. The Bertz CT molecular complexity index is 1200. The predicted octanol–water partition coefficient (Wildman–Crippen LogP) is 4.08. The maximum atomic E-state index is 13.5. The molecule has 3 aromatic carbocycles. The van der Waals surface area contributed by atoms with E-state index in [2.05, 4.69) is 11.4 Å². The summed E-state index contributed by atoms with van der Waals surface area (Å²) in [4.78, 5) is 13.2. The lowest BCUT2D eigenvalue weighted by Gasteiger charge is -2.29. The zero-order valence-corrected chi connectivity index (χ0v) is 18.7. The van der Waals surface area contributed by atoms with Crippen molar-refractivity contribution in [2.45, 2.75) is 30.2 Å². The Morgan fingerprint density at radius 3 is 2.47 bits per heavy atom. The fourth-order valence-corrected chi connectivity index (χ4v) is 5.58. The summed E-state index contributed by atoms with van der Waals surface area (Å²) in [5.41, 5.74) is 2.64. The molecule has 32 heavy (non-hydrogen) atoms. The van der Waals surface area contributed by atoms with Crippen molar-refractivity contribution in [2.24, 2.45) is 0 Å². The maximum absolute atomic E-state index is 13.5. The summed E-state index contributed by atoms with van der Waals surface area (Å²) in [5, 5.41) is 3.05. The van der Waals surface area contributed by atoms with Crippen LogP contribution in [0.15, 0.2) is 83.8 Å². The number of carbonyl (C=O) groups is 1. The van der Waals surface area contributed by atoms with Gasteiger partial charge in [0.05, 0.1) is 23.7 Å². The number of hydrogen-bond donors (Lipinski definition) is 1. The number of para-hydroxylation sites is 2. The Kier molecular flexibility index (Phi) is 6.46. The van der Waals surface area contributed by atoms with Gasteiger partial charge in [-0.25, -0.2) is 8.42 Å². The van der Waals surface area contributed by atoms with E-state index in [1.54, 1.807) is 42.5 Å². The number of nitrogens with zero attached hydrogens (tertiary/aromatic N) is 1. The minimum Gasteiger partial charge on any atom is -0.495 e. The number of methoxy groups -OCH3 is 1. The topological polar surface area (TPSA) is 75.7 Å². The highest BCUT2D eigenvalue weighted by Crippen LogP contribution is 2.33. The molecule has 0 aromatic heterocycles. The van der Waals surface area contributed by atoms with E-state index in [-0.39, 0.29) is 23.4 Å². The van der Waals surface area contributed by atoms with E-state index >= 15 is 0 Å². The summed E-state index contributed by atoms with van der Waals surface area (Å²) in [7, 11) is -2.51. The molecule has 0 heterocycles. The van der Waals surface area contributed by atoms with Crippen LogP contribution in [-0.4, -0.2) is 28.0 Å². The Morgan fingerprint density at radius 2 is 1.69 bits per heavy atom. The molecule has 0 fully saturated rings. The molecule has 0 saturated carbocycles. The van der Waals surface area contributed by atoms with Crippen molar-refractivity contribution < 1.29 is 17.9 Å². The number of sulfonamides is 1. The normalized spacial score (nSPS) is 15.5. The predicted molar refractivity (Wildman–Crippen MR) is 124 cm³/mol. The minimum absolute atomic E-state index is 0.113. The van der Waals surface area contributed by atoms with Gasteiger partial charge in [0.15, 0.2) is 0 Å². The zero-order valence-electron chi connectivity index (χ0n) is 17.9. The van der Waals surface area contributed by atoms with Crippen LogP contribution in [0.25, 0.3) is 0 Å². The Labute approximate surface area is 188 Å². The van der Waals surface area contributed by atoms with Gasteiger partial charge in [0.2, 0.25) is 5.91 Å². The lowest BCUT2D eigenvalue weighted by molar-refractivity contribution is -0.120. The number of rotatable bonds is 7. The second-order valence-corrected chi connectivity index (χ2v) is 9.57. The van der Waals surface area contributed by atoms with Gasteiger partial charge in [0, 0.05) is 0 Å². The molecule has 0 saturated heterocycles. The summed E-state index contributed by atoms with van der Waals surface area (Å²) in [6, 6.07) is 22.8. The van der Waals surface area contributed by atoms with Crippen molar-refractivity contribution in [1.82, 2.24) is 5.32 Å². The van der Waals surface area contributed by atoms with Gasteiger partial charge in [-0.05, 0) is 54.7 Å². The van der Waals surface area contributed by atoms with Crippen LogP contribution in [0, 0.1) is 0 Å². The summed E-state index contributed by atoms with van der Waals surface area (Å²) < 4.78 is 33.5. The summed E-state index contributed by atoms with van der Waals surface area (Å²) in [6.07, 6.45) is 2.78. The number of anilines is 1. The van der Waals surface area contributed by atoms with Crippen molar-refractivity contribution in [3.8, 4) is 5.75 Å². The number of nitrogens with one attached hydrogen (secondary N) is 1. The Morgan fingerprint density at radius 1 is 1.00 bits per heavy atom. The first-order chi connectivity index (χ1) is 15.5. The van der Waals surface area contributed by atoms with Crippen molar-refractivity contribution in [2.75, 3.05) is 18.0 Å². The molecule has 0 unspecified atom stereocenters. The van der Waals surface area contributed by atoms with Crippen LogP contribution >= 0.6 is 0 Å². The number of amides is 1. The quantitative estimate of drug-likeness (QED) is 0.588. The molecular formula is C25H26N2O4S. The molecule has 1 amide bonds. The summed E-state index contributed by atoms with van der Waals surface area (Å²) in [5.74, 6) is 0.0138. The molecule has 0 spiro atoms. The molecule has 7 heteroatoms. The average Bonchev–Trinajstić information content (AvgIpc) is 2.83. The van der Waals surface area contributed by atoms with E-state index in [0.29, 0.717) is 11.4 Å². The molecule has 1 aliphatic carbocycles. The van der Waals surface area contributed by atoms with Crippen molar-refractivity contribution in [3.05, 3.63) is 90.0 Å². The second-order valence-electron chi connectivity index (χ2n) is 7.71. The van der Waals surface area contributed by atoms with E-state index in [9.17, 15) is 13.2 Å². The third-order valence-corrected chi connectivity index (χ3v) is 7.45. The molecule has 166 valence electrons. The van der Waals surface area contributed by atoms with Crippen LogP contribution in [-0.2, 0) is 21.2 Å². The first-order valence-electron chi connectivity index (χ1n) is 10.6. The van der Waals surface area contributed by atoms with Crippen LogP contribution < -0.4 is 14.4 Å². The SMILES string of the molecule is COc1ccccc1N(CC(=O)N[C@@H]1CCCc2ccccc21)S(=O)(=O)c1ccccc1. The highest BCUT2D eigenvalue weighted by Gasteiger charge is 2.30. The fourth-order valence-electron chi connectivity index (χ4n) is 4.13. The van der Waals surface area contributed by atoms with Gasteiger partial charge in [0.1, 0.15) is 12.3 Å². The molecule has 1 N–H and O–H groups in total. The average molecular weight is 451 g/mol. The van der Waals surface area contributed by atoms with Gasteiger partial charge in [0.25, 0.3) is 10.0 Å². The highest BCUT2D eigenvalue weighted by molar-refractivity contribution is 7.92. The lowest BCUT2D eigenvalue weighted by atomic mass is 9.88. The molecule has 0 bridgehead atoms. The van der Waals surface area contributed by atoms with Gasteiger partial charge in [-0.1, -0.05) is 54.6 Å². The standard InChI is InChI=1S/C25H26N2O4S/c1-31-24-17-8-7-16-23(24)27(32(29,30)20-12-3-2-4-13-20)18-25(28)26-22-15-9-11-19-10-5-6-14-21(19)22/h2-8,10,12-14,16-17,22H,9,11,15,18H2,1H3,(H,26,28)/t22-/m1/s1. The van der Waals surface area contributed by atoms with Crippen LogP contribution in [0.2, 0.25) is 0 Å². The Balaban J connectivity index is 1.65. The number of ether oxygens (including phenoxy) is 1. The lowest BCUT2D eigenvalue weighted by Crippen LogP contribution is -2.42. The molecule has 0 aliphatic heterocycles. The smallest absolute Gasteiger partial charge is 0.264 e.